The summed E-state index contributed by atoms with van der Waals surface area (Å²) >= 11 is 0. The van der Waals surface area contributed by atoms with Crippen LogP contribution in [0.15, 0.2) is 28.8 Å². The van der Waals surface area contributed by atoms with Gasteiger partial charge in [-0.15, -0.1) is 0 Å². The van der Waals surface area contributed by atoms with Gasteiger partial charge >= 0.3 is 6.09 Å². The number of aromatic nitrogens is 1. The average Bonchev–Trinajstić information content (AvgIpc) is 3.14. The van der Waals surface area contributed by atoms with Gasteiger partial charge in [-0.2, -0.15) is 0 Å². The second-order valence-electron chi connectivity index (χ2n) is 7.74. The minimum atomic E-state index is -0.931. The largest absolute Gasteiger partial charge is 0.455 e. The summed E-state index contributed by atoms with van der Waals surface area (Å²) in [6.45, 7) is 2.71. The van der Waals surface area contributed by atoms with Crippen molar-refractivity contribution in [3.63, 3.8) is 0 Å². The summed E-state index contributed by atoms with van der Waals surface area (Å²) < 4.78 is 46.7. The average molecular weight is 459 g/mol. The molecule has 174 valence electrons. The Morgan fingerprint density at radius 1 is 1.27 bits per heavy atom. The van der Waals surface area contributed by atoms with Crippen LogP contribution in [0.25, 0.3) is 22.3 Å². The monoisotopic (exact) mass is 459 g/mol. The topological polar surface area (TPSA) is 93.9 Å². The van der Waals surface area contributed by atoms with Crippen molar-refractivity contribution in [3.05, 3.63) is 52.9 Å². The van der Waals surface area contributed by atoms with Crippen LogP contribution in [-0.4, -0.2) is 61.8 Å². The number of nitrogens with zero attached hydrogens (tertiary/aromatic N) is 2. The van der Waals surface area contributed by atoms with E-state index >= 15 is 8.78 Å². The Morgan fingerprint density at radius 2 is 2.00 bits per heavy atom. The van der Waals surface area contributed by atoms with Gasteiger partial charge in [-0.05, 0) is 19.1 Å². The number of pyridine rings is 1. The minimum absolute atomic E-state index is 0.00496. The molecule has 0 spiro atoms. The molecule has 1 aliphatic heterocycles. The van der Waals surface area contributed by atoms with Gasteiger partial charge in [-0.3, -0.25) is 9.78 Å². The molecule has 1 saturated heterocycles. The number of hydrogen-bond acceptors (Lipinski definition) is 6. The number of carbonyl (C=O) groups excluding carboxylic acids is 2. The molecule has 8 nitrogen and oxygen atoms in total. The standard InChI is InChI=1S/C23H23F2N3O5/c1-12-6-19-16(10-27-12)15(9-14-11-28(4-5-32-14)23(30)31-3)21(33-19)20-17(24)7-13(8-18(20)25)22(29)26-2/h6-8,10,14H,4-5,9,11H2,1-3H3,(H,26,29)/t14-/m0/s1. The van der Waals surface area contributed by atoms with Gasteiger partial charge in [0.1, 0.15) is 23.0 Å². The number of hydrogen-bond donors (Lipinski definition) is 1. The van der Waals surface area contributed by atoms with Crippen LogP contribution in [0.1, 0.15) is 21.6 Å². The lowest BCUT2D eigenvalue weighted by Crippen LogP contribution is -2.46. The molecule has 1 atom stereocenters. The van der Waals surface area contributed by atoms with Gasteiger partial charge in [0.05, 0.1) is 31.9 Å². The number of rotatable bonds is 4. The highest BCUT2D eigenvalue weighted by Gasteiger charge is 2.30. The highest BCUT2D eigenvalue weighted by Crippen LogP contribution is 2.38. The number of aryl methyl sites for hydroxylation is 1. The van der Waals surface area contributed by atoms with Gasteiger partial charge in [0.2, 0.25) is 0 Å². The highest BCUT2D eigenvalue weighted by atomic mass is 19.1. The van der Waals surface area contributed by atoms with E-state index in [-0.39, 0.29) is 29.9 Å². The first-order chi connectivity index (χ1) is 15.8. The fourth-order valence-electron chi connectivity index (χ4n) is 3.98. The van der Waals surface area contributed by atoms with Crippen LogP contribution < -0.4 is 5.32 Å². The molecule has 2 amide bonds. The number of morpholine rings is 1. The van der Waals surface area contributed by atoms with Crippen LogP contribution in [0.4, 0.5) is 13.6 Å². The van der Waals surface area contributed by atoms with Crippen molar-refractivity contribution in [2.45, 2.75) is 19.4 Å². The normalized spacial score (nSPS) is 16.2. The number of ether oxygens (including phenoxy) is 2. The molecule has 4 rings (SSSR count). The van der Waals surface area contributed by atoms with Crippen LogP contribution >= 0.6 is 0 Å². The molecule has 3 heterocycles. The second-order valence-corrected chi connectivity index (χ2v) is 7.74. The molecule has 1 aromatic carbocycles. The number of methoxy groups -OCH3 is 1. The zero-order valence-electron chi connectivity index (χ0n) is 18.4. The first-order valence-corrected chi connectivity index (χ1v) is 10.4. The smallest absolute Gasteiger partial charge is 0.409 e. The molecule has 1 aliphatic rings. The van der Waals surface area contributed by atoms with Gasteiger partial charge in [-0.25, -0.2) is 13.6 Å². The van der Waals surface area contributed by atoms with Crippen molar-refractivity contribution in [2.24, 2.45) is 0 Å². The zero-order chi connectivity index (χ0) is 23.7. The SMILES string of the molecule is CNC(=O)c1cc(F)c(-c2oc3cc(C)ncc3c2C[C@H]2CN(C(=O)OC)CCO2)c(F)c1. The van der Waals surface area contributed by atoms with Crippen LogP contribution in [0.5, 0.6) is 0 Å². The fraction of sp³-hybridized carbons (Fsp3) is 0.348. The Morgan fingerprint density at radius 3 is 2.67 bits per heavy atom. The number of halogens is 2. The summed E-state index contributed by atoms with van der Waals surface area (Å²) in [6.07, 6.45) is 0.883. The van der Waals surface area contributed by atoms with Gasteiger partial charge in [0, 0.05) is 54.5 Å². The molecule has 0 radical (unpaired) electrons. The van der Waals surface area contributed by atoms with E-state index in [2.05, 4.69) is 10.3 Å². The summed E-state index contributed by atoms with van der Waals surface area (Å²) in [7, 11) is 2.68. The van der Waals surface area contributed by atoms with Crippen molar-refractivity contribution in [2.75, 3.05) is 33.9 Å². The van der Waals surface area contributed by atoms with Crippen LogP contribution in [0, 0.1) is 18.6 Å². The number of carbonyl (C=O) groups is 2. The fourth-order valence-corrected chi connectivity index (χ4v) is 3.98. The van der Waals surface area contributed by atoms with Crippen molar-refractivity contribution in [1.29, 1.82) is 0 Å². The van der Waals surface area contributed by atoms with Crippen molar-refractivity contribution in [1.82, 2.24) is 15.2 Å². The van der Waals surface area contributed by atoms with E-state index < -0.39 is 29.7 Å². The summed E-state index contributed by atoms with van der Waals surface area (Å²) in [5.74, 6) is -2.48. The molecule has 0 unspecified atom stereocenters. The molecule has 0 bridgehead atoms. The van der Waals surface area contributed by atoms with E-state index in [0.29, 0.717) is 35.4 Å². The molecule has 3 aromatic rings. The summed E-state index contributed by atoms with van der Waals surface area (Å²) in [5, 5.41) is 2.93. The van der Waals surface area contributed by atoms with E-state index in [1.807, 2.05) is 0 Å². The van der Waals surface area contributed by atoms with Crippen LogP contribution in [-0.2, 0) is 15.9 Å². The summed E-state index contributed by atoms with van der Waals surface area (Å²) in [5.41, 5.74) is 1.07. The first-order valence-electron chi connectivity index (χ1n) is 10.4. The molecule has 0 aliphatic carbocycles. The molecule has 33 heavy (non-hydrogen) atoms. The minimum Gasteiger partial charge on any atom is -0.455 e. The molecule has 0 saturated carbocycles. The van der Waals surface area contributed by atoms with Crippen molar-refractivity contribution >= 4 is 23.0 Å². The van der Waals surface area contributed by atoms with Gasteiger partial charge < -0.3 is 24.1 Å². The molecule has 1 fully saturated rings. The summed E-state index contributed by atoms with van der Waals surface area (Å²) in [6, 6.07) is 3.61. The Labute approximate surface area is 188 Å². The lowest BCUT2D eigenvalue weighted by Gasteiger charge is -2.32. The van der Waals surface area contributed by atoms with Crippen molar-refractivity contribution in [3.8, 4) is 11.3 Å². The Bertz CT molecular complexity index is 1200. The third-order valence-electron chi connectivity index (χ3n) is 5.58. The summed E-state index contributed by atoms with van der Waals surface area (Å²) in [4.78, 5) is 29.6. The maximum absolute atomic E-state index is 15.1. The van der Waals surface area contributed by atoms with Crippen LogP contribution in [0.3, 0.4) is 0 Å². The number of nitrogens with one attached hydrogen (secondary N) is 1. The number of benzene rings is 1. The number of amides is 2. The second kappa shape index (κ2) is 9.14. The molecule has 10 heteroatoms. The predicted octanol–water partition coefficient (Wildman–Crippen LogP) is 3.45. The third kappa shape index (κ3) is 4.38. The van der Waals surface area contributed by atoms with Gasteiger partial charge in [0.25, 0.3) is 5.91 Å². The first kappa shape index (κ1) is 22.7. The molecular formula is C23H23F2N3O5. The Balaban J connectivity index is 1.79. The van der Waals surface area contributed by atoms with E-state index in [1.54, 1.807) is 19.2 Å². The maximum Gasteiger partial charge on any atom is 0.409 e. The van der Waals surface area contributed by atoms with Gasteiger partial charge in [0.15, 0.2) is 0 Å². The van der Waals surface area contributed by atoms with E-state index in [4.69, 9.17) is 13.9 Å². The number of fused-ring (bicyclic) bond motifs is 1. The predicted molar refractivity (Wildman–Crippen MR) is 115 cm³/mol. The highest BCUT2D eigenvalue weighted by molar-refractivity contribution is 5.95. The Kier molecular flexibility index (Phi) is 6.28. The van der Waals surface area contributed by atoms with Crippen molar-refractivity contribution < 1.29 is 32.3 Å². The van der Waals surface area contributed by atoms with Gasteiger partial charge in [-0.1, -0.05) is 0 Å². The Hall–Kier alpha value is -3.53. The zero-order valence-corrected chi connectivity index (χ0v) is 18.4. The lowest BCUT2D eigenvalue weighted by atomic mass is 9.98. The van der Waals surface area contributed by atoms with Crippen LogP contribution in [0.2, 0.25) is 0 Å². The molecule has 1 N–H and O–H groups in total. The van der Waals surface area contributed by atoms with E-state index in [1.165, 1.54) is 19.1 Å². The molecular weight excluding hydrogens is 436 g/mol. The molecule has 2 aromatic heterocycles. The quantitative estimate of drug-likeness (QED) is 0.642. The van der Waals surface area contributed by atoms with E-state index in [0.717, 1.165) is 12.1 Å². The van der Waals surface area contributed by atoms with E-state index in [9.17, 15) is 9.59 Å². The lowest BCUT2D eigenvalue weighted by molar-refractivity contribution is -0.0235. The number of furan rings is 1. The maximum atomic E-state index is 15.1. The third-order valence-corrected chi connectivity index (χ3v) is 5.58.